The Morgan fingerprint density at radius 2 is 1.55 bits per heavy atom. The smallest absolute Gasteiger partial charge is 0.338 e. The fraction of sp³-hybridized carbons (Fsp3) is 0.125. The molecule has 0 spiro atoms. The summed E-state index contributed by atoms with van der Waals surface area (Å²) in [5.41, 5.74) is 0.667. The van der Waals surface area contributed by atoms with E-state index in [4.69, 9.17) is 27.9 Å². The van der Waals surface area contributed by atoms with Gasteiger partial charge in [0.25, 0.3) is 0 Å². The van der Waals surface area contributed by atoms with E-state index >= 15 is 0 Å². The predicted octanol–water partition coefficient (Wildman–Crippen LogP) is 5.18. The van der Waals surface area contributed by atoms with Gasteiger partial charge in [0.05, 0.1) is 5.56 Å². The van der Waals surface area contributed by atoms with Crippen LogP contribution in [0.25, 0.3) is 0 Å². The molecule has 0 aliphatic carbocycles. The maximum Gasteiger partial charge on any atom is 0.338 e. The van der Waals surface area contributed by atoms with Gasteiger partial charge < -0.3 is 4.74 Å². The van der Waals surface area contributed by atoms with Gasteiger partial charge in [0, 0.05) is 20.1 Å². The van der Waals surface area contributed by atoms with Crippen LogP contribution in [0, 0.1) is 0 Å². The molecule has 22 heavy (non-hydrogen) atoms. The highest BCUT2D eigenvalue weighted by atomic mass is 79.9. The van der Waals surface area contributed by atoms with Crippen molar-refractivity contribution in [3.05, 3.63) is 68.1 Å². The SMILES string of the molecule is C[C@H](OC(=O)c1cc(Cl)cc(Cl)c1)C(=O)c1ccc(Br)cc1. The summed E-state index contributed by atoms with van der Waals surface area (Å²) in [4.78, 5) is 24.3. The van der Waals surface area contributed by atoms with Crippen molar-refractivity contribution in [2.24, 2.45) is 0 Å². The molecule has 2 aromatic carbocycles. The first-order valence-electron chi connectivity index (χ1n) is 6.33. The minimum Gasteiger partial charge on any atom is -0.451 e. The summed E-state index contributed by atoms with van der Waals surface area (Å²) in [6.45, 7) is 1.52. The van der Waals surface area contributed by atoms with Gasteiger partial charge in [-0.25, -0.2) is 4.79 Å². The van der Waals surface area contributed by atoms with Crippen molar-refractivity contribution in [3.63, 3.8) is 0 Å². The molecule has 0 fully saturated rings. The van der Waals surface area contributed by atoms with Crippen LogP contribution in [0.3, 0.4) is 0 Å². The number of halogens is 3. The number of benzene rings is 2. The number of carbonyl (C=O) groups is 2. The molecule has 2 aromatic rings. The van der Waals surface area contributed by atoms with Gasteiger partial charge in [-0.05, 0) is 37.3 Å². The van der Waals surface area contributed by atoms with Crippen LogP contribution in [0.5, 0.6) is 0 Å². The summed E-state index contributed by atoms with van der Waals surface area (Å²) in [7, 11) is 0. The van der Waals surface area contributed by atoms with Crippen LogP contribution in [0.2, 0.25) is 10.0 Å². The first-order chi connectivity index (χ1) is 10.4. The Morgan fingerprint density at radius 3 is 2.09 bits per heavy atom. The summed E-state index contributed by atoms with van der Waals surface area (Å²) < 4.78 is 6.04. The number of carbonyl (C=O) groups excluding carboxylic acids is 2. The van der Waals surface area contributed by atoms with E-state index in [1.165, 1.54) is 25.1 Å². The monoisotopic (exact) mass is 400 g/mol. The van der Waals surface area contributed by atoms with Gasteiger partial charge in [-0.15, -0.1) is 0 Å². The van der Waals surface area contributed by atoms with Crippen LogP contribution in [0.4, 0.5) is 0 Å². The van der Waals surface area contributed by atoms with Crippen molar-refractivity contribution in [1.82, 2.24) is 0 Å². The Labute approximate surface area is 146 Å². The average molecular weight is 402 g/mol. The maximum absolute atomic E-state index is 12.2. The van der Waals surface area contributed by atoms with Crippen molar-refractivity contribution in [2.75, 3.05) is 0 Å². The number of ketones is 1. The minimum absolute atomic E-state index is 0.202. The van der Waals surface area contributed by atoms with Crippen LogP contribution in [-0.4, -0.2) is 17.9 Å². The Morgan fingerprint density at radius 1 is 1.00 bits per heavy atom. The van der Waals surface area contributed by atoms with Crippen molar-refractivity contribution >= 4 is 50.9 Å². The molecule has 3 nitrogen and oxygen atoms in total. The highest BCUT2D eigenvalue weighted by molar-refractivity contribution is 9.10. The maximum atomic E-state index is 12.2. The molecule has 0 saturated heterocycles. The number of rotatable bonds is 4. The van der Waals surface area contributed by atoms with E-state index in [1.807, 2.05) is 0 Å². The van der Waals surface area contributed by atoms with E-state index in [2.05, 4.69) is 15.9 Å². The normalized spacial score (nSPS) is 11.8. The standard InChI is InChI=1S/C16H11BrCl2O3/c1-9(15(20)10-2-4-12(17)5-3-10)22-16(21)11-6-13(18)8-14(19)7-11/h2-9H,1H3/t9-/m0/s1. The van der Waals surface area contributed by atoms with Crippen molar-refractivity contribution in [1.29, 1.82) is 0 Å². The second kappa shape index (κ2) is 7.27. The van der Waals surface area contributed by atoms with Gasteiger partial charge in [0.15, 0.2) is 6.10 Å². The third-order valence-corrected chi connectivity index (χ3v) is 3.85. The summed E-state index contributed by atoms with van der Waals surface area (Å²) in [6.07, 6.45) is -0.911. The lowest BCUT2D eigenvalue weighted by molar-refractivity contribution is 0.0319. The van der Waals surface area contributed by atoms with E-state index < -0.39 is 12.1 Å². The molecule has 1 atom stereocenters. The van der Waals surface area contributed by atoms with Crippen LogP contribution in [-0.2, 0) is 4.74 Å². The van der Waals surface area contributed by atoms with E-state index in [-0.39, 0.29) is 11.3 Å². The molecular weight excluding hydrogens is 391 g/mol. The van der Waals surface area contributed by atoms with Gasteiger partial charge in [-0.2, -0.15) is 0 Å². The third-order valence-electron chi connectivity index (χ3n) is 2.88. The molecular formula is C16H11BrCl2O3. The summed E-state index contributed by atoms with van der Waals surface area (Å²) in [5.74, 6) is -0.934. The topological polar surface area (TPSA) is 43.4 Å². The lowest BCUT2D eigenvalue weighted by Crippen LogP contribution is -2.24. The lowest BCUT2D eigenvalue weighted by Gasteiger charge is -2.12. The van der Waals surface area contributed by atoms with Crippen molar-refractivity contribution in [3.8, 4) is 0 Å². The largest absolute Gasteiger partial charge is 0.451 e. The van der Waals surface area contributed by atoms with Crippen LogP contribution < -0.4 is 0 Å². The van der Waals surface area contributed by atoms with Gasteiger partial charge >= 0.3 is 5.97 Å². The molecule has 0 unspecified atom stereocenters. The molecule has 0 radical (unpaired) electrons. The summed E-state index contributed by atoms with van der Waals surface area (Å²) in [6, 6.07) is 11.2. The van der Waals surface area contributed by atoms with Crippen molar-refractivity contribution < 1.29 is 14.3 Å². The molecule has 0 aliphatic heterocycles. The van der Waals surface area contributed by atoms with Crippen LogP contribution >= 0.6 is 39.1 Å². The van der Waals surface area contributed by atoms with Crippen molar-refractivity contribution in [2.45, 2.75) is 13.0 Å². The Balaban J connectivity index is 2.10. The first kappa shape index (κ1) is 17.0. The molecule has 0 heterocycles. The summed E-state index contributed by atoms with van der Waals surface area (Å²) in [5, 5.41) is 0.651. The molecule has 0 aromatic heterocycles. The third kappa shape index (κ3) is 4.32. The first-order valence-corrected chi connectivity index (χ1v) is 7.88. The Bertz CT molecular complexity index is 694. The fourth-order valence-electron chi connectivity index (χ4n) is 1.80. The molecule has 6 heteroatoms. The quantitative estimate of drug-likeness (QED) is 0.523. The minimum atomic E-state index is -0.911. The highest BCUT2D eigenvalue weighted by Crippen LogP contribution is 2.20. The van der Waals surface area contributed by atoms with Gasteiger partial charge in [-0.1, -0.05) is 51.3 Å². The van der Waals surface area contributed by atoms with Crippen LogP contribution in [0.1, 0.15) is 27.6 Å². The lowest BCUT2D eigenvalue weighted by atomic mass is 10.1. The molecule has 2 rings (SSSR count). The highest BCUT2D eigenvalue weighted by Gasteiger charge is 2.20. The molecule has 0 saturated carbocycles. The van der Waals surface area contributed by atoms with Gasteiger partial charge in [-0.3, -0.25) is 4.79 Å². The zero-order valence-electron chi connectivity index (χ0n) is 11.5. The number of esters is 1. The van der Waals surface area contributed by atoms with Crippen LogP contribution in [0.15, 0.2) is 46.9 Å². The van der Waals surface area contributed by atoms with E-state index in [9.17, 15) is 9.59 Å². The average Bonchev–Trinajstić information content (AvgIpc) is 2.46. The molecule has 114 valence electrons. The number of hydrogen-bond acceptors (Lipinski definition) is 3. The zero-order chi connectivity index (χ0) is 16.3. The second-order valence-electron chi connectivity index (χ2n) is 4.58. The number of Topliss-reactive ketones (excluding diaryl/α,β-unsaturated/α-hetero) is 1. The molecule has 0 amide bonds. The van der Waals surface area contributed by atoms with Gasteiger partial charge in [0.1, 0.15) is 0 Å². The second-order valence-corrected chi connectivity index (χ2v) is 6.37. The Hall–Kier alpha value is -1.36. The van der Waals surface area contributed by atoms with E-state index in [0.29, 0.717) is 15.6 Å². The molecule has 0 bridgehead atoms. The van der Waals surface area contributed by atoms with E-state index in [1.54, 1.807) is 24.3 Å². The number of ether oxygens (including phenoxy) is 1. The predicted molar refractivity (Wildman–Crippen MR) is 89.8 cm³/mol. The fourth-order valence-corrected chi connectivity index (χ4v) is 2.59. The van der Waals surface area contributed by atoms with Gasteiger partial charge in [0.2, 0.25) is 5.78 Å². The Kier molecular flexibility index (Phi) is 5.62. The zero-order valence-corrected chi connectivity index (χ0v) is 14.6. The number of hydrogen-bond donors (Lipinski definition) is 0. The molecule has 0 N–H and O–H groups in total. The van der Waals surface area contributed by atoms with E-state index in [0.717, 1.165) is 4.47 Å². The summed E-state index contributed by atoms with van der Waals surface area (Å²) >= 11 is 15.0. The molecule has 0 aliphatic rings.